The van der Waals surface area contributed by atoms with Crippen LogP contribution < -0.4 is 20.9 Å². The van der Waals surface area contributed by atoms with Crippen molar-refractivity contribution in [2.45, 2.75) is 32.9 Å². The number of nitrogens with zero attached hydrogens (tertiary/aromatic N) is 3. The molecule has 2 amide bonds. The summed E-state index contributed by atoms with van der Waals surface area (Å²) in [7, 11) is 2.73. The van der Waals surface area contributed by atoms with Crippen LogP contribution in [0.2, 0.25) is 0 Å². The molecule has 0 spiro atoms. The first-order valence-electron chi connectivity index (χ1n) is 11.6. The second-order valence-electron chi connectivity index (χ2n) is 9.16. The van der Waals surface area contributed by atoms with E-state index in [0.717, 1.165) is 16.3 Å². The summed E-state index contributed by atoms with van der Waals surface area (Å²) in [6.07, 6.45) is 0. The maximum Gasteiger partial charge on any atom is 0.360 e. The molecule has 0 aliphatic heterocycles. The molecule has 3 heterocycles. The van der Waals surface area contributed by atoms with Gasteiger partial charge in [0.2, 0.25) is 5.75 Å². The molecular formula is C26H27N5O5S2. The molecule has 0 saturated heterocycles. The first kappa shape index (κ1) is 27.0. The third-order valence-electron chi connectivity index (χ3n) is 5.16. The lowest BCUT2D eigenvalue weighted by Crippen LogP contribution is -2.33. The fraction of sp³-hybridized carbons (Fsp3) is 0.269. The largest absolute Gasteiger partial charge is 0.480 e. The second-order valence-corrected chi connectivity index (χ2v) is 10.9. The lowest BCUT2D eigenvalue weighted by Gasteiger charge is -2.22. The van der Waals surface area contributed by atoms with Crippen molar-refractivity contribution < 1.29 is 19.1 Å². The summed E-state index contributed by atoms with van der Waals surface area (Å²) in [5, 5.41) is 10.1. The predicted molar refractivity (Wildman–Crippen MR) is 148 cm³/mol. The zero-order chi connectivity index (χ0) is 27.4. The number of carbonyl (C=O) groups is 2. The van der Waals surface area contributed by atoms with Gasteiger partial charge in [-0.05, 0) is 32.2 Å². The Morgan fingerprint density at radius 3 is 2.50 bits per heavy atom. The molecule has 0 saturated carbocycles. The zero-order valence-corrected chi connectivity index (χ0v) is 23.2. The number of thiophene rings is 1. The van der Waals surface area contributed by atoms with Crippen LogP contribution in [0.3, 0.4) is 0 Å². The Labute approximate surface area is 227 Å². The van der Waals surface area contributed by atoms with E-state index in [1.54, 1.807) is 32.2 Å². The number of rotatable bonds is 7. The summed E-state index contributed by atoms with van der Waals surface area (Å²) in [5.41, 5.74) is 0.646. The Kier molecular flexibility index (Phi) is 7.93. The van der Waals surface area contributed by atoms with E-state index < -0.39 is 23.2 Å². The van der Waals surface area contributed by atoms with Crippen LogP contribution in [0.1, 0.15) is 37.0 Å². The quantitative estimate of drug-likeness (QED) is 0.311. The van der Waals surface area contributed by atoms with Gasteiger partial charge in [-0.1, -0.05) is 30.3 Å². The number of methoxy groups -OCH3 is 1. The predicted octanol–water partition coefficient (Wildman–Crippen LogP) is 4.92. The first-order chi connectivity index (χ1) is 18.1. The monoisotopic (exact) mass is 553 g/mol. The number of thiazole rings is 1. The number of amides is 2. The Hall–Kier alpha value is -4.03. The second kappa shape index (κ2) is 11.2. The molecule has 2 N–H and O–H groups in total. The number of hydrogen-bond acceptors (Lipinski definition) is 9. The molecule has 0 aliphatic rings. The summed E-state index contributed by atoms with van der Waals surface area (Å²) in [6.45, 7) is 5.51. The van der Waals surface area contributed by atoms with Gasteiger partial charge in [0.1, 0.15) is 10.6 Å². The summed E-state index contributed by atoms with van der Waals surface area (Å²) in [5.74, 6) is -0.809. The molecule has 10 nitrogen and oxygen atoms in total. The van der Waals surface area contributed by atoms with Gasteiger partial charge in [-0.3, -0.25) is 9.36 Å². The van der Waals surface area contributed by atoms with E-state index in [9.17, 15) is 14.4 Å². The summed E-state index contributed by atoms with van der Waals surface area (Å²) in [6, 6.07) is 11.0. The van der Waals surface area contributed by atoms with Crippen molar-refractivity contribution >= 4 is 40.4 Å². The van der Waals surface area contributed by atoms with Gasteiger partial charge in [-0.15, -0.1) is 22.7 Å². The average molecular weight is 554 g/mol. The summed E-state index contributed by atoms with van der Waals surface area (Å²) >= 11 is 2.76. The van der Waals surface area contributed by atoms with Crippen molar-refractivity contribution in [3.05, 3.63) is 68.9 Å². The van der Waals surface area contributed by atoms with Gasteiger partial charge in [0, 0.05) is 18.0 Å². The molecule has 12 heteroatoms. The van der Waals surface area contributed by atoms with E-state index >= 15 is 0 Å². The highest BCUT2D eigenvalue weighted by molar-refractivity contribution is 7.14. The lowest BCUT2D eigenvalue weighted by atomic mass is 10.2. The Bertz CT molecular complexity index is 1520. The topological polar surface area (TPSA) is 124 Å². The number of ether oxygens (including phenoxy) is 2. The van der Waals surface area contributed by atoms with E-state index in [-0.39, 0.29) is 23.8 Å². The van der Waals surface area contributed by atoms with E-state index in [1.807, 2.05) is 35.7 Å². The smallest absolute Gasteiger partial charge is 0.360 e. The molecule has 4 aromatic rings. The van der Waals surface area contributed by atoms with Crippen molar-refractivity contribution in [2.75, 3.05) is 12.4 Å². The molecule has 0 aliphatic carbocycles. The van der Waals surface area contributed by atoms with Gasteiger partial charge >= 0.3 is 12.0 Å². The molecule has 198 valence electrons. The van der Waals surface area contributed by atoms with Crippen LogP contribution in [0, 0.1) is 0 Å². The molecule has 1 aromatic carbocycles. The molecule has 0 bridgehead atoms. The lowest BCUT2D eigenvalue weighted by molar-refractivity contribution is 0.0576. The maximum absolute atomic E-state index is 13.2. The number of nitrogens with one attached hydrogen (secondary N) is 2. The van der Waals surface area contributed by atoms with Crippen LogP contribution in [0.5, 0.6) is 5.75 Å². The molecule has 0 radical (unpaired) electrons. The maximum atomic E-state index is 13.2. The Morgan fingerprint density at radius 1 is 1.08 bits per heavy atom. The van der Waals surface area contributed by atoms with Gasteiger partial charge < -0.3 is 20.1 Å². The first-order valence-corrected chi connectivity index (χ1v) is 13.3. The summed E-state index contributed by atoms with van der Waals surface area (Å²) in [4.78, 5) is 47.9. The number of esters is 1. The van der Waals surface area contributed by atoms with Gasteiger partial charge in [-0.25, -0.2) is 19.6 Å². The Balaban J connectivity index is 1.54. The minimum atomic E-state index is -0.801. The normalized spacial score (nSPS) is 11.2. The average Bonchev–Trinajstić information content (AvgIpc) is 3.55. The Morgan fingerprint density at radius 2 is 1.82 bits per heavy atom. The minimum absolute atomic E-state index is 0.189. The minimum Gasteiger partial charge on any atom is -0.480 e. The van der Waals surface area contributed by atoms with Crippen molar-refractivity contribution in [2.24, 2.45) is 7.05 Å². The fourth-order valence-corrected chi connectivity index (χ4v) is 5.14. The van der Waals surface area contributed by atoms with E-state index in [2.05, 4.69) is 20.6 Å². The zero-order valence-electron chi connectivity index (χ0n) is 21.5. The SMILES string of the molecule is COC(=O)c1nc(-c2sccc2NC(=O)NCc2csc(-c3ccccc3)n2)n(C)c(=O)c1OC(C)(C)C. The molecule has 0 fully saturated rings. The van der Waals surface area contributed by atoms with E-state index in [0.29, 0.717) is 10.6 Å². The number of carbonyl (C=O) groups excluding carboxylic acids is 2. The molecule has 3 aromatic heterocycles. The number of aromatic nitrogens is 3. The standard InChI is InChI=1S/C26H27N5O5S2/c1-26(2,3)36-19-18(24(33)35-5)30-21(31(4)23(19)32)20-17(11-12-37-20)29-25(34)27-13-16-14-38-22(28-16)15-9-7-6-8-10-15/h6-12,14H,13H2,1-5H3,(H2,27,29,34). The van der Waals surface area contributed by atoms with Crippen LogP contribution >= 0.6 is 22.7 Å². The van der Waals surface area contributed by atoms with Gasteiger partial charge in [0.15, 0.2) is 11.5 Å². The van der Waals surface area contributed by atoms with Crippen LogP contribution in [-0.4, -0.2) is 39.2 Å². The number of benzene rings is 1. The van der Waals surface area contributed by atoms with E-state index in [4.69, 9.17) is 9.47 Å². The van der Waals surface area contributed by atoms with Gasteiger partial charge in [-0.2, -0.15) is 0 Å². The summed E-state index contributed by atoms with van der Waals surface area (Å²) < 4.78 is 11.9. The number of hydrogen-bond donors (Lipinski definition) is 2. The number of urea groups is 1. The third kappa shape index (κ3) is 6.09. The van der Waals surface area contributed by atoms with Crippen LogP contribution in [0.4, 0.5) is 10.5 Å². The van der Waals surface area contributed by atoms with Crippen molar-refractivity contribution in [3.63, 3.8) is 0 Å². The van der Waals surface area contributed by atoms with Crippen LogP contribution in [0.15, 0.2) is 52.0 Å². The molecule has 38 heavy (non-hydrogen) atoms. The molecule has 4 rings (SSSR count). The third-order valence-corrected chi connectivity index (χ3v) is 7.01. The highest BCUT2D eigenvalue weighted by Gasteiger charge is 2.28. The van der Waals surface area contributed by atoms with Crippen molar-refractivity contribution in [1.29, 1.82) is 0 Å². The van der Waals surface area contributed by atoms with Crippen molar-refractivity contribution in [1.82, 2.24) is 19.9 Å². The van der Waals surface area contributed by atoms with Crippen molar-refractivity contribution in [3.8, 4) is 27.0 Å². The number of anilines is 1. The highest BCUT2D eigenvalue weighted by atomic mass is 32.1. The molecular weight excluding hydrogens is 526 g/mol. The van der Waals surface area contributed by atoms with Crippen LogP contribution in [0.25, 0.3) is 21.3 Å². The van der Waals surface area contributed by atoms with E-state index in [1.165, 1.54) is 41.4 Å². The highest BCUT2D eigenvalue weighted by Crippen LogP contribution is 2.33. The molecule has 0 unspecified atom stereocenters. The fourth-order valence-electron chi connectivity index (χ4n) is 3.44. The van der Waals surface area contributed by atoms with Crippen LogP contribution in [-0.2, 0) is 18.3 Å². The molecule has 0 atom stereocenters. The van der Waals surface area contributed by atoms with Gasteiger partial charge in [0.05, 0.1) is 29.9 Å². The van der Waals surface area contributed by atoms with Gasteiger partial charge in [0.25, 0.3) is 5.56 Å².